The van der Waals surface area contributed by atoms with Gasteiger partial charge in [-0.3, -0.25) is 0 Å². The van der Waals surface area contributed by atoms with Crippen LogP contribution in [0.4, 0.5) is 0 Å². The minimum Gasteiger partial charge on any atom is -0.309 e. The minimum absolute atomic E-state index is 0.704. The summed E-state index contributed by atoms with van der Waals surface area (Å²) in [6.45, 7) is 2.67. The highest BCUT2D eigenvalue weighted by molar-refractivity contribution is 5.28. The molecule has 0 fully saturated rings. The van der Waals surface area contributed by atoms with E-state index in [4.69, 9.17) is 0 Å². The van der Waals surface area contributed by atoms with Crippen LogP contribution < -0.4 is 5.32 Å². The molecule has 0 aliphatic rings. The number of nitrogens with zero attached hydrogens (tertiary/aromatic N) is 1. The molecule has 0 amide bonds. The van der Waals surface area contributed by atoms with Crippen molar-refractivity contribution in [1.29, 1.82) is 0 Å². The second-order valence-electron chi connectivity index (χ2n) is 2.50. The first kappa shape index (κ1) is 8.76. The van der Waals surface area contributed by atoms with Gasteiger partial charge in [-0.05, 0) is 32.0 Å². The van der Waals surface area contributed by atoms with Crippen LogP contribution in [0.2, 0.25) is 0 Å². The zero-order valence-electron chi connectivity index (χ0n) is 7.39. The molecule has 62 valence electrons. The minimum atomic E-state index is 0.704. The topological polar surface area (TPSA) is 24.9 Å². The van der Waals surface area contributed by atoms with Crippen molar-refractivity contribution in [2.75, 3.05) is 13.6 Å². The van der Waals surface area contributed by atoms with Crippen LogP contribution in [0, 0.1) is 18.8 Å². The maximum absolute atomic E-state index is 4.24. The smallest absolute Gasteiger partial charge is 0.113 e. The fourth-order valence-electron chi connectivity index (χ4n) is 0.836. The molecular formula is C10H12N2. The van der Waals surface area contributed by atoms with Crippen molar-refractivity contribution in [3.63, 3.8) is 0 Å². The summed E-state index contributed by atoms with van der Waals surface area (Å²) in [6.07, 6.45) is 0. The van der Waals surface area contributed by atoms with Crippen molar-refractivity contribution in [1.82, 2.24) is 10.3 Å². The highest BCUT2D eigenvalue weighted by Gasteiger charge is 1.86. The van der Waals surface area contributed by atoms with E-state index < -0.39 is 0 Å². The Bertz CT molecular complexity index is 307. The molecule has 0 bridgehead atoms. The van der Waals surface area contributed by atoms with Gasteiger partial charge in [-0.1, -0.05) is 12.0 Å². The van der Waals surface area contributed by atoms with E-state index in [1.54, 1.807) is 0 Å². The molecule has 0 unspecified atom stereocenters. The zero-order valence-corrected chi connectivity index (χ0v) is 7.39. The van der Waals surface area contributed by atoms with Gasteiger partial charge in [0.15, 0.2) is 0 Å². The van der Waals surface area contributed by atoms with Gasteiger partial charge >= 0.3 is 0 Å². The largest absolute Gasteiger partial charge is 0.309 e. The second-order valence-corrected chi connectivity index (χ2v) is 2.50. The van der Waals surface area contributed by atoms with Gasteiger partial charge in [0.2, 0.25) is 0 Å². The van der Waals surface area contributed by atoms with Gasteiger partial charge in [0.25, 0.3) is 0 Å². The molecule has 12 heavy (non-hydrogen) atoms. The van der Waals surface area contributed by atoms with Gasteiger partial charge in [-0.15, -0.1) is 0 Å². The Balaban J connectivity index is 2.71. The lowest BCUT2D eigenvalue weighted by atomic mass is 10.3. The van der Waals surface area contributed by atoms with Crippen molar-refractivity contribution in [3.05, 3.63) is 29.6 Å². The molecule has 2 heteroatoms. The summed E-state index contributed by atoms with van der Waals surface area (Å²) in [6, 6.07) is 5.84. The van der Waals surface area contributed by atoms with Crippen molar-refractivity contribution >= 4 is 0 Å². The number of hydrogen-bond donors (Lipinski definition) is 1. The van der Waals surface area contributed by atoms with Gasteiger partial charge < -0.3 is 5.32 Å². The second kappa shape index (κ2) is 4.53. The molecule has 1 rings (SSSR count). The Morgan fingerprint density at radius 3 is 3.00 bits per heavy atom. The number of aryl methyl sites for hydroxylation is 1. The molecule has 2 nitrogen and oxygen atoms in total. The lowest BCUT2D eigenvalue weighted by Crippen LogP contribution is -2.04. The van der Waals surface area contributed by atoms with E-state index in [0.717, 1.165) is 11.4 Å². The highest BCUT2D eigenvalue weighted by atomic mass is 14.8. The number of aromatic nitrogens is 1. The summed E-state index contributed by atoms with van der Waals surface area (Å²) in [4.78, 5) is 4.24. The predicted octanol–water partition coefficient (Wildman–Crippen LogP) is 0.961. The third kappa shape index (κ3) is 2.73. The quantitative estimate of drug-likeness (QED) is 0.619. The molecule has 0 aliphatic heterocycles. The van der Waals surface area contributed by atoms with Gasteiger partial charge in [0, 0.05) is 5.69 Å². The summed E-state index contributed by atoms with van der Waals surface area (Å²) in [5, 5.41) is 2.95. The van der Waals surface area contributed by atoms with E-state index in [1.165, 1.54) is 0 Å². The Hall–Kier alpha value is -1.33. The normalized spacial score (nSPS) is 8.83. The first-order valence-corrected chi connectivity index (χ1v) is 3.90. The Morgan fingerprint density at radius 1 is 1.50 bits per heavy atom. The van der Waals surface area contributed by atoms with E-state index in [2.05, 4.69) is 22.1 Å². The Morgan fingerprint density at radius 2 is 2.33 bits per heavy atom. The molecule has 1 aromatic rings. The fourth-order valence-corrected chi connectivity index (χ4v) is 0.836. The lowest BCUT2D eigenvalue weighted by Gasteiger charge is -1.91. The van der Waals surface area contributed by atoms with Gasteiger partial charge in [0.1, 0.15) is 5.69 Å². The summed E-state index contributed by atoms with van der Waals surface area (Å²) in [5.74, 6) is 5.92. The molecule has 0 saturated heterocycles. The molecule has 0 aromatic carbocycles. The van der Waals surface area contributed by atoms with Crippen LogP contribution in [0.15, 0.2) is 18.2 Å². The van der Waals surface area contributed by atoms with E-state index in [1.807, 2.05) is 32.2 Å². The summed E-state index contributed by atoms with van der Waals surface area (Å²) >= 11 is 0. The van der Waals surface area contributed by atoms with Crippen LogP contribution in [0.3, 0.4) is 0 Å². The van der Waals surface area contributed by atoms with E-state index in [-0.39, 0.29) is 0 Å². The first-order chi connectivity index (χ1) is 5.83. The predicted molar refractivity (Wildman–Crippen MR) is 49.8 cm³/mol. The molecule has 0 radical (unpaired) electrons. The molecule has 0 saturated carbocycles. The van der Waals surface area contributed by atoms with Crippen LogP contribution >= 0.6 is 0 Å². The third-order valence-electron chi connectivity index (χ3n) is 1.37. The zero-order chi connectivity index (χ0) is 8.81. The number of rotatable bonds is 1. The van der Waals surface area contributed by atoms with Crippen LogP contribution in [0.1, 0.15) is 11.4 Å². The van der Waals surface area contributed by atoms with Crippen molar-refractivity contribution in [3.8, 4) is 11.8 Å². The highest BCUT2D eigenvalue weighted by Crippen LogP contribution is 1.94. The summed E-state index contributed by atoms with van der Waals surface area (Å²) < 4.78 is 0. The van der Waals surface area contributed by atoms with E-state index in [9.17, 15) is 0 Å². The van der Waals surface area contributed by atoms with Crippen LogP contribution in [-0.4, -0.2) is 18.6 Å². The summed E-state index contributed by atoms with van der Waals surface area (Å²) in [5.41, 5.74) is 1.84. The van der Waals surface area contributed by atoms with Gasteiger partial charge in [-0.25, -0.2) is 4.98 Å². The molecule has 0 atom stereocenters. The average molecular weight is 160 g/mol. The van der Waals surface area contributed by atoms with Gasteiger partial charge in [-0.2, -0.15) is 0 Å². The molecule has 0 spiro atoms. The fraction of sp³-hybridized carbons (Fsp3) is 0.300. The third-order valence-corrected chi connectivity index (χ3v) is 1.37. The average Bonchev–Trinajstić information content (AvgIpc) is 2.05. The monoisotopic (exact) mass is 160 g/mol. The van der Waals surface area contributed by atoms with E-state index >= 15 is 0 Å². The van der Waals surface area contributed by atoms with Crippen molar-refractivity contribution in [2.24, 2.45) is 0 Å². The molecule has 1 N–H and O–H groups in total. The molecular weight excluding hydrogens is 148 g/mol. The Labute approximate surface area is 73.0 Å². The first-order valence-electron chi connectivity index (χ1n) is 3.90. The standard InChI is InChI=1S/C10H12N2/c1-9-5-3-6-10(12-9)7-4-8-11-2/h3,5-6,11H,8H2,1-2H3. The van der Waals surface area contributed by atoms with Gasteiger partial charge in [0.05, 0.1) is 6.54 Å². The SMILES string of the molecule is CNCC#Cc1cccc(C)n1. The lowest BCUT2D eigenvalue weighted by molar-refractivity contribution is 0.938. The number of hydrogen-bond acceptors (Lipinski definition) is 2. The molecule has 1 heterocycles. The number of nitrogens with one attached hydrogen (secondary N) is 1. The molecule has 1 aromatic heterocycles. The van der Waals surface area contributed by atoms with Crippen LogP contribution in [0.25, 0.3) is 0 Å². The molecule has 0 aliphatic carbocycles. The van der Waals surface area contributed by atoms with Crippen LogP contribution in [-0.2, 0) is 0 Å². The van der Waals surface area contributed by atoms with Crippen molar-refractivity contribution < 1.29 is 0 Å². The van der Waals surface area contributed by atoms with Crippen LogP contribution in [0.5, 0.6) is 0 Å². The van der Waals surface area contributed by atoms with E-state index in [0.29, 0.717) is 6.54 Å². The maximum Gasteiger partial charge on any atom is 0.113 e. The van der Waals surface area contributed by atoms with Crippen molar-refractivity contribution in [2.45, 2.75) is 6.92 Å². The number of pyridine rings is 1. The summed E-state index contributed by atoms with van der Waals surface area (Å²) in [7, 11) is 1.87. The Kier molecular flexibility index (Phi) is 3.31. The maximum atomic E-state index is 4.24.